The molecular weight excluding hydrogens is 340 g/mol. The minimum Gasteiger partial charge on any atom is -0.464 e. The zero-order valence-electron chi connectivity index (χ0n) is 15.4. The Morgan fingerprint density at radius 2 is 1.96 bits per heavy atom. The van der Waals surface area contributed by atoms with E-state index in [0.717, 1.165) is 54.3 Å². The zero-order valence-corrected chi connectivity index (χ0v) is 15.4. The molecule has 0 spiro atoms. The Morgan fingerprint density at radius 3 is 2.67 bits per heavy atom. The minimum absolute atomic E-state index is 0.0667. The van der Waals surface area contributed by atoms with Gasteiger partial charge in [-0.3, -0.25) is 9.78 Å². The number of amides is 1. The van der Waals surface area contributed by atoms with E-state index in [9.17, 15) is 9.90 Å². The summed E-state index contributed by atoms with van der Waals surface area (Å²) in [6, 6.07) is 11.4. The van der Waals surface area contributed by atoms with Crippen molar-refractivity contribution in [3.05, 3.63) is 54.4 Å². The van der Waals surface area contributed by atoms with Gasteiger partial charge in [-0.25, -0.2) is 0 Å². The third kappa shape index (κ3) is 3.60. The summed E-state index contributed by atoms with van der Waals surface area (Å²) in [4.78, 5) is 17.0. The molecule has 0 saturated heterocycles. The molecule has 0 unspecified atom stereocenters. The van der Waals surface area contributed by atoms with E-state index >= 15 is 0 Å². The zero-order chi connectivity index (χ0) is 18.9. The molecule has 2 N–H and O–H groups in total. The summed E-state index contributed by atoms with van der Waals surface area (Å²) in [5.41, 5.74) is 2.67. The van der Waals surface area contributed by atoms with E-state index in [1.807, 2.05) is 43.3 Å². The Labute approximate surface area is 158 Å². The van der Waals surface area contributed by atoms with Crippen LogP contribution in [0.25, 0.3) is 22.2 Å². The molecule has 1 saturated carbocycles. The molecule has 1 aliphatic rings. The summed E-state index contributed by atoms with van der Waals surface area (Å²) in [6.45, 7) is 2.01. The summed E-state index contributed by atoms with van der Waals surface area (Å²) < 4.78 is 5.43. The lowest BCUT2D eigenvalue weighted by atomic mass is 9.80. The first-order valence-electron chi connectivity index (χ1n) is 9.54. The summed E-state index contributed by atoms with van der Waals surface area (Å²) >= 11 is 0. The molecule has 3 aromatic rings. The normalized spacial score (nSPS) is 22.7. The Kier molecular flexibility index (Phi) is 4.70. The second-order valence-corrected chi connectivity index (χ2v) is 7.39. The lowest BCUT2D eigenvalue weighted by Crippen LogP contribution is -2.43. The van der Waals surface area contributed by atoms with Gasteiger partial charge >= 0.3 is 0 Å². The fraction of sp³-hybridized carbons (Fsp3) is 0.364. The number of pyridine rings is 1. The van der Waals surface area contributed by atoms with Gasteiger partial charge in [0.25, 0.3) is 5.91 Å². The topological polar surface area (TPSA) is 75.4 Å². The van der Waals surface area contributed by atoms with Crippen LogP contribution in [0.1, 0.15) is 49.4 Å². The number of aliphatic hydroxyl groups is 1. The van der Waals surface area contributed by atoms with Gasteiger partial charge in [-0.1, -0.05) is 19.1 Å². The van der Waals surface area contributed by atoms with Gasteiger partial charge in [0.2, 0.25) is 0 Å². The van der Waals surface area contributed by atoms with E-state index < -0.39 is 5.60 Å². The fourth-order valence-corrected chi connectivity index (χ4v) is 3.83. The molecule has 1 aromatic carbocycles. The van der Waals surface area contributed by atoms with E-state index in [1.165, 1.54) is 0 Å². The van der Waals surface area contributed by atoms with Crippen molar-refractivity contribution in [1.82, 2.24) is 10.3 Å². The SMILES string of the molecule is CCC1(O)CCC(NC(=O)c2ccc(-c3nccc4occc34)cc2)CC1. The molecule has 1 aliphatic carbocycles. The molecular formula is C22H24N2O3. The Hall–Kier alpha value is -2.66. The fourth-order valence-electron chi connectivity index (χ4n) is 3.83. The lowest BCUT2D eigenvalue weighted by Gasteiger charge is -2.35. The van der Waals surface area contributed by atoms with Crippen LogP contribution in [-0.2, 0) is 0 Å². The van der Waals surface area contributed by atoms with Crippen molar-refractivity contribution < 1.29 is 14.3 Å². The summed E-state index contributed by atoms with van der Waals surface area (Å²) in [5, 5.41) is 14.4. The molecule has 1 fully saturated rings. The van der Waals surface area contributed by atoms with Crippen LogP contribution in [0.15, 0.2) is 53.3 Å². The first kappa shape index (κ1) is 17.7. The predicted octanol–water partition coefficient (Wildman–Crippen LogP) is 4.31. The third-order valence-corrected chi connectivity index (χ3v) is 5.71. The summed E-state index contributed by atoms with van der Waals surface area (Å²) in [7, 11) is 0. The number of fused-ring (bicyclic) bond motifs is 1. The van der Waals surface area contributed by atoms with E-state index in [0.29, 0.717) is 5.56 Å². The van der Waals surface area contributed by atoms with E-state index in [4.69, 9.17) is 4.42 Å². The van der Waals surface area contributed by atoms with Crippen molar-refractivity contribution in [2.24, 2.45) is 0 Å². The van der Waals surface area contributed by atoms with Gasteiger partial charge in [-0.05, 0) is 56.4 Å². The number of benzene rings is 1. The second kappa shape index (κ2) is 7.16. The van der Waals surface area contributed by atoms with Crippen LogP contribution in [0, 0.1) is 0 Å². The quantitative estimate of drug-likeness (QED) is 0.723. The number of rotatable bonds is 4. The van der Waals surface area contributed by atoms with Gasteiger partial charge in [0.05, 0.1) is 17.6 Å². The maximum absolute atomic E-state index is 12.6. The molecule has 4 rings (SSSR count). The molecule has 1 amide bonds. The maximum atomic E-state index is 12.6. The Bertz CT molecular complexity index is 938. The second-order valence-electron chi connectivity index (χ2n) is 7.39. The monoisotopic (exact) mass is 364 g/mol. The smallest absolute Gasteiger partial charge is 0.251 e. The maximum Gasteiger partial charge on any atom is 0.251 e. The van der Waals surface area contributed by atoms with Crippen molar-refractivity contribution in [2.45, 2.75) is 50.7 Å². The number of carbonyl (C=O) groups excluding carboxylic acids is 1. The molecule has 0 aliphatic heterocycles. The third-order valence-electron chi connectivity index (χ3n) is 5.71. The highest BCUT2D eigenvalue weighted by Gasteiger charge is 2.32. The van der Waals surface area contributed by atoms with Gasteiger partial charge in [0.15, 0.2) is 0 Å². The number of carbonyl (C=O) groups is 1. The highest BCUT2D eigenvalue weighted by molar-refractivity contribution is 5.96. The molecule has 0 atom stereocenters. The van der Waals surface area contributed by atoms with E-state index in [2.05, 4.69) is 10.3 Å². The molecule has 5 heteroatoms. The molecule has 2 aromatic heterocycles. The van der Waals surface area contributed by atoms with E-state index in [-0.39, 0.29) is 11.9 Å². The summed E-state index contributed by atoms with van der Waals surface area (Å²) in [5.74, 6) is -0.0667. The molecule has 0 radical (unpaired) electrons. The number of aromatic nitrogens is 1. The predicted molar refractivity (Wildman–Crippen MR) is 104 cm³/mol. The lowest BCUT2D eigenvalue weighted by molar-refractivity contribution is -0.00652. The molecule has 27 heavy (non-hydrogen) atoms. The van der Waals surface area contributed by atoms with Crippen molar-refractivity contribution in [3.63, 3.8) is 0 Å². The number of nitrogens with zero attached hydrogens (tertiary/aromatic N) is 1. The average molecular weight is 364 g/mol. The van der Waals surface area contributed by atoms with Crippen molar-refractivity contribution >= 4 is 16.9 Å². The van der Waals surface area contributed by atoms with Crippen LogP contribution in [-0.4, -0.2) is 27.6 Å². The van der Waals surface area contributed by atoms with Crippen LogP contribution >= 0.6 is 0 Å². The number of hydrogen-bond acceptors (Lipinski definition) is 4. The first-order valence-corrected chi connectivity index (χ1v) is 9.54. The van der Waals surface area contributed by atoms with Crippen LogP contribution < -0.4 is 5.32 Å². The van der Waals surface area contributed by atoms with Crippen molar-refractivity contribution in [1.29, 1.82) is 0 Å². The van der Waals surface area contributed by atoms with Gasteiger partial charge in [0.1, 0.15) is 5.58 Å². The van der Waals surface area contributed by atoms with Crippen molar-refractivity contribution in [2.75, 3.05) is 0 Å². The Balaban J connectivity index is 1.45. The highest BCUT2D eigenvalue weighted by Crippen LogP contribution is 2.31. The van der Waals surface area contributed by atoms with Gasteiger partial charge in [-0.2, -0.15) is 0 Å². The van der Waals surface area contributed by atoms with Gasteiger partial charge < -0.3 is 14.8 Å². The van der Waals surface area contributed by atoms with Crippen LogP contribution in [0.2, 0.25) is 0 Å². The molecule has 140 valence electrons. The number of hydrogen-bond donors (Lipinski definition) is 2. The molecule has 2 heterocycles. The van der Waals surface area contributed by atoms with Crippen LogP contribution in [0.3, 0.4) is 0 Å². The average Bonchev–Trinajstić information content (AvgIpc) is 3.19. The first-order chi connectivity index (χ1) is 13.1. The van der Waals surface area contributed by atoms with Gasteiger partial charge in [0, 0.05) is 28.8 Å². The van der Waals surface area contributed by atoms with Crippen LogP contribution in [0.4, 0.5) is 0 Å². The number of furan rings is 1. The standard InChI is InChI=1S/C22H24N2O3/c1-2-22(26)11-7-17(8-12-22)24-21(25)16-5-3-15(4-6-16)20-18-10-14-27-19(18)9-13-23-20/h3-6,9-10,13-14,17,26H,2,7-8,11-12H2,1H3,(H,24,25). The largest absolute Gasteiger partial charge is 0.464 e. The molecule has 0 bridgehead atoms. The number of nitrogens with one attached hydrogen (secondary N) is 1. The minimum atomic E-state index is -0.552. The van der Waals surface area contributed by atoms with Crippen molar-refractivity contribution in [3.8, 4) is 11.3 Å². The molecule has 5 nitrogen and oxygen atoms in total. The van der Waals surface area contributed by atoms with Crippen LogP contribution in [0.5, 0.6) is 0 Å². The van der Waals surface area contributed by atoms with E-state index in [1.54, 1.807) is 12.5 Å². The highest BCUT2D eigenvalue weighted by atomic mass is 16.3. The summed E-state index contributed by atoms with van der Waals surface area (Å²) in [6.07, 6.45) is 7.28. The van der Waals surface area contributed by atoms with Gasteiger partial charge in [-0.15, -0.1) is 0 Å². The Morgan fingerprint density at radius 1 is 1.22 bits per heavy atom.